The second-order valence-electron chi connectivity index (χ2n) is 4.20. The molecule has 1 aliphatic carbocycles. The molecule has 1 aromatic heterocycles. The van der Waals surface area contributed by atoms with Crippen LogP contribution in [0.4, 0.5) is 0 Å². The van der Waals surface area contributed by atoms with Crippen molar-refractivity contribution in [3.63, 3.8) is 0 Å². The van der Waals surface area contributed by atoms with Crippen LogP contribution in [0, 0.1) is 0 Å². The van der Waals surface area contributed by atoms with E-state index in [9.17, 15) is 4.79 Å². The Balaban J connectivity index is 2.45. The Kier molecular flexibility index (Phi) is 3.61. The van der Waals surface area contributed by atoms with Crippen LogP contribution in [-0.4, -0.2) is 25.2 Å². The maximum Gasteiger partial charge on any atom is 0.343 e. The highest BCUT2D eigenvalue weighted by molar-refractivity contribution is 5.92. The Labute approximate surface area is 101 Å². The van der Waals surface area contributed by atoms with Gasteiger partial charge < -0.3 is 9.47 Å². The molecular formula is C13H17NO3. The zero-order chi connectivity index (χ0) is 12.3. The van der Waals surface area contributed by atoms with E-state index in [1.807, 2.05) is 6.07 Å². The third kappa shape index (κ3) is 2.40. The van der Waals surface area contributed by atoms with Crippen molar-refractivity contribution in [1.29, 1.82) is 0 Å². The number of ether oxygens (including phenoxy) is 2. The van der Waals surface area contributed by atoms with Gasteiger partial charge in [-0.1, -0.05) is 6.42 Å². The molecular weight excluding hydrogens is 218 g/mol. The molecule has 0 amide bonds. The van der Waals surface area contributed by atoms with Crippen molar-refractivity contribution in [2.75, 3.05) is 14.2 Å². The Morgan fingerprint density at radius 2 is 2.00 bits per heavy atom. The lowest BCUT2D eigenvalue weighted by Gasteiger charge is -2.11. The van der Waals surface area contributed by atoms with Crippen LogP contribution in [0.15, 0.2) is 6.07 Å². The second kappa shape index (κ2) is 5.17. The van der Waals surface area contributed by atoms with Gasteiger partial charge in [0, 0.05) is 5.69 Å². The van der Waals surface area contributed by atoms with E-state index in [-0.39, 0.29) is 5.97 Å². The Morgan fingerprint density at radius 3 is 2.71 bits per heavy atom. The summed E-state index contributed by atoms with van der Waals surface area (Å²) in [6.07, 6.45) is 5.47. The van der Waals surface area contributed by atoms with Crippen molar-refractivity contribution in [2.45, 2.75) is 32.1 Å². The monoisotopic (exact) mass is 235 g/mol. The molecule has 0 spiro atoms. The van der Waals surface area contributed by atoms with Crippen LogP contribution in [-0.2, 0) is 17.6 Å². The minimum absolute atomic E-state index is 0.373. The van der Waals surface area contributed by atoms with Gasteiger partial charge in [-0.15, -0.1) is 0 Å². The van der Waals surface area contributed by atoms with Gasteiger partial charge in [-0.3, -0.25) is 0 Å². The molecule has 1 aromatic rings. The summed E-state index contributed by atoms with van der Waals surface area (Å²) in [5.74, 6) is -0.0149. The van der Waals surface area contributed by atoms with Crippen LogP contribution in [0.3, 0.4) is 0 Å². The summed E-state index contributed by atoms with van der Waals surface area (Å²) in [4.78, 5) is 16.1. The molecule has 92 valence electrons. The van der Waals surface area contributed by atoms with E-state index < -0.39 is 0 Å². The summed E-state index contributed by atoms with van der Waals surface area (Å²) in [5, 5.41) is 0. The predicted molar refractivity (Wildman–Crippen MR) is 63.4 cm³/mol. The van der Waals surface area contributed by atoms with Gasteiger partial charge in [0.25, 0.3) is 0 Å². The van der Waals surface area contributed by atoms with Crippen LogP contribution in [0.5, 0.6) is 5.88 Å². The minimum atomic E-state index is -0.388. The van der Waals surface area contributed by atoms with E-state index in [1.54, 1.807) is 0 Å². The zero-order valence-corrected chi connectivity index (χ0v) is 10.3. The summed E-state index contributed by atoms with van der Waals surface area (Å²) >= 11 is 0. The minimum Gasteiger partial charge on any atom is -0.480 e. The Hall–Kier alpha value is -1.58. The fourth-order valence-electron chi connectivity index (χ4n) is 2.20. The molecule has 17 heavy (non-hydrogen) atoms. The number of hydrogen-bond donors (Lipinski definition) is 0. The van der Waals surface area contributed by atoms with E-state index in [0.29, 0.717) is 11.4 Å². The second-order valence-corrected chi connectivity index (χ2v) is 4.20. The largest absolute Gasteiger partial charge is 0.480 e. The number of carbonyl (C=O) groups excluding carboxylic acids is 1. The smallest absolute Gasteiger partial charge is 0.343 e. The highest BCUT2D eigenvalue weighted by Gasteiger charge is 2.19. The van der Waals surface area contributed by atoms with Crippen molar-refractivity contribution in [3.8, 4) is 5.88 Å². The van der Waals surface area contributed by atoms with Crippen molar-refractivity contribution in [1.82, 2.24) is 4.98 Å². The third-order valence-corrected chi connectivity index (χ3v) is 3.11. The average Bonchev–Trinajstić information content (AvgIpc) is 2.60. The standard InChI is InChI=1S/C13H17NO3/c1-16-12-10(13(15)17-2)8-9-6-4-3-5-7-11(9)14-12/h8H,3-7H2,1-2H3. The van der Waals surface area contributed by atoms with Crippen LogP contribution in [0.1, 0.15) is 40.9 Å². The molecule has 1 aliphatic rings. The van der Waals surface area contributed by atoms with E-state index >= 15 is 0 Å². The van der Waals surface area contributed by atoms with Crippen molar-refractivity contribution < 1.29 is 14.3 Å². The summed E-state index contributed by atoms with van der Waals surface area (Å²) in [5.41, 5.74) is 2.64. The molecule has 4 heteroatoms. The quantitative estimate of drug-likeness (QED) is 0.582. The first-order chi connectivity index (χ1) is 8.26. The maximum absolute atomic E-state index is 11.6. The van der Waals surface area contributed by atoms with Crippen molar-refractivity contribution in [2.24, 2.45) is 0 Å². The van der Waals surface area contributed by atoms with E-state index in [1.165, 1.54) is 20.6 Å². The Bertz CT molecular complexity index is 429. The first kappa shape index (κ1) is 11.9. The number of methoxy groups -OCH3 is 2. The van der Waals surface area contributed by atoms with E-state index in [4.69, 9.17) is 9.47 Å². The van der Waals surface area contributed by atoms with Crippen molar-refractivity contribution in [3.05, 3.63) is 22.9 Å². The van der Waals surface area contributed by atoms with Gasteiger partial charge in [0.2, 0.25) is 5.88 Å². The lowest BCUT2D eigenvalue weighted by atomic mass is 10.1. The van der Waals surface area contributed by atoms with Gasteiger partial charge >= 0.3 is 5.97 Å². The summed E-state index contributed by atoms with van der Waals surface area (Å²) in [6, 6.07) is 1.87. The molecule has 0 fully saturated rings. The molecule has 0 unspecified atom stereocenters. The lowest BCUT2D eigenvalue weighted by Crippen LogP contribution is -2.09. The van der Waals surface area contributed by atoms with Crippen LogP contribution >= 0.6 is 0 Å². The normalized spacial score (nSPS) is 14.7. The maximum atomic E-state index is 11.6. The molecule has 2 rings (SSSR count). The molecule has 0 radical (unpaired) electrons. The molecule has 0 saturated carbocycles. The fraction of sp³-hybridized carbons (Fsp3) is 0.538. The lowest BCUT2D eigenvalue weighted by molar-refractivity contribution is 0.0596. The van der Waals surface area contributed by atoms with Gasteiger partial charge in [-0.2, -0.15) is 0 Å². The van der Waals surface area contributed by atoms with Crippen LogP contribution < -0.4 is 4.74 Å². The topological polar surface area (TPSA) is 48.4 Å². The molecule has 0 aromatic carbocycles. The highest BCUT2D eigenvalue weighted by atomic mass is 16.5. The van der Waals surface area contributed by atoms with Gasteiger partial charge in [0.1, 0.15) is 5.56 Å². The number of aromatic nitrogens is 1. The molecule has 0 bridgehead atoms. The number of hydrogen-bond acceptors (Lipinski definition) is 4. The van der Waals surface area contributed by atoms with Gasteiger partial charge in [-0.05, 0) is 37.3 Å². The number of pyridine rings is 1. The highest BCUT2D eigenvalue weighted by Crippen LogP contribution is 2.25. The predicted octanol–water partition coefficient (Wildman–Crippen LogP) is 2.15. The number of carbonyl (C=O) groups is 1. The number of rotatable bonds is 2. The zero-order valence-electron chi connectivity index (χ0n) is 10.3. The summed E-state index contributed by atoms with van der Waals surface area (Å²) < 4.78 is 9.91. The first-order valence-corrected chi connectivity index (χ1v) is 5.91. The average molecular weight is 235 g/mol. The fourth-order valence-corrected chi connectivity index (χ4v) is 2.20. The SMILES string of the molecule is COC(=O)c1cc2c(nc1OC)CCCCC2. The third-order valence-electron chi connectivity index (χ3n) is 3.11. The molecule has 4 nitrogen and oxygen atoms in total. The van der Waals surface area contributed by atoms with Crippen LogP contribution in [0.2, 0.25) is 0 Å². The number of esters is 1. The number of fused-ring (bicyclic) bond motifs is 1. The van der Waals surface area contributed by atoms with Crippen LogP contribution in [0.25, 0.3) is 0 Å². The molecule has 0 atom stereocenters. The van der Waals surface area contributed by atoms with Gasteiger partial charge in [0.15, 0.2) is 0 Å². The van der Waals surface area contributed by atoms with Gasteiger partial charge in [0.05, 0.1) is 14.2 Å². The first-order valence-electron chi connectivity index (χ1n) is 5.91. The van der Waals surface area contributed by atoms with Crippen molar-refractivity contribution >= 4 is 5.97 Å². The van der Waals surface area contributed by atoms with E-state index in [0.717, 1.165) is 36.9 Å². The molecule has 1 heterocycles. The Morgan fingerprint density at radius 1 is 1.24 bits per heavy atom. The molecule has 0 saturated heterocycles. The number of nitrogens with zero attached hydrogens (tertiary/aromatic N) is 1. The molecule has 0 N–H and O–H groups in total. The molecule has 0 aliphatic heterocycles. The van der Waals surface area contributed by atoms with E-state index in [2.05, 4.69) is 4.98 Å². The summed E-state index contributed by atoms with van der Waals surface area (Å²) in [6.45, 7) is 0. The number of aryl methyl sites for hydroxylation is 2. The summed E-state index contributed by atoms with van der Waals surface area (Å²) in [7, 11) is 2.89. The van der Waals surface area contributed by atoms with Gasteiger partial charge in [-0.25, -0.2) is 9.78 Å².